The molecule has 1 N–H and O–H groups in total. The van der Waals surface area contributed by atoms with Crippen LogP contribution in [0.3, 0.4) is 0 Å². The standard InChI is InChI=1S/C18H18F3N3O3S/c19-18(20,21)14-5-7-15(8-6-14)23-17(25)13-3-2-10-24(12-13)28(26,27)16-4-1-9-22-11-16/h1,4-9,11,13H,2-3,10,12H2,(H,23,25). The highest BCUT2D eigenvalue weighted by Gasteiger charge is 2.34. The Labute approximate surface area is 160 Å². The van der Waals surface area contributed by atoms with Gasteiger partial charge in [0.25, 0.3) is 0 Å². The molecule has 1 aliphatic heterocycles. The quantitative estimate of drug-likeness (QED) is 0.835. The predicted molar refractivity (Wildman–Crippen MR) is 95.8 cm³/mol. The normalized spacial score (nSPS) is 18.6. The van der Waals surface area contributed by atoms with E-state index in [1.54, 1.807) is 0 Å². The molecule has 3 rings (SSSR count). The van der Waals surface area contributed by atoms with Gasteiger partial charge in [0.1, 0.15) is 4.90 Å². The van der Waals surface area contributed by atoms with Crippen LogP contribution in [0.15, 0.2) is 53.7 Å². The minimum absolute atomic E-state index is 0.00367. The lowest BCUT2D eigenvalue weighted by Crippen LogP contribution is -2.43. The van der Waals surface area contributed by atoms with Gasteiger partial charge in [0.2, 0.25) is 15.9 Å². The van der Waals surface area contributed by atoms with Crippen molar-refractivity contribution in [1.82, 2.24) is 9.29 Å². The Morgan fingerprint density at radius 2 is 1.89 bits per heavy atom. The largest absolute Gasteiger partial charge is 0.416 e. The monoisotopic (exact) mass is 413 g/mol. The maximum absolute atomic E-state index is 12.7. The summed E-state index contributed by atoms with van der Waals surface area (Å²) in [5.74, 6) is -1.02. The Bertz CT molecular complexity index is 932. The summed E-state index contributed by atoms with van der Waals surface area (Å²) in [6.45, 7) is 0.297. The Hall–Kier alpha value is -2.46. The number of amides is 1. The zero-order valence-corrected chi connectivity index (χ0v) is 15.5. The van der Waals surface area contributed by atoms with Crippen molar-refractivity contribution >= 4 is 21.6 Å². The number of carbonyl (C=O) groups is 1. The van der Waals surface area contributed by atoms with E-state index in [0.29, 0.717) is 19.4 Å². The van der Waals surface area contributed by atoms with Crippen molar-refractivity contribution in [2.24, 2.45) is 5.92 Å². The minimum atomic E-state index is -4.45. The topological polar surface area (TPSA) is 79.4 Å². The fourth-order valence-corrected chi connectivity index (χ4v) is 4.50. The molecular weight excluding hydrogens is 395 g/mol. The number of nitrogens with one attached hydrogen (secondary N) is 1. The van der Waals surface area contributed by atoms with Crippen LogP contribution in [0.25, 0.3) is 0 Å². The van der Waals surface area contributed by atoms with Crippen LogP contribution in [0.1, 0.15) is 18.4 Å². The third kappa shape index (κ3) is 4.50. The molecule has 1 fully saturated rings. The first-order valence-electron chi connectivity index (χ1n) is 8.56. The number of hydrogen-bond acceptors (Lipinski definition) is 4. The molecule has 2 aromatic rings. The van der Waals surface area contributed by atoms with E-state index >= 15 is 0 Å². The lowest BCUT2D eigenvalue weighted by Gasteiger charge is -2.31. The van der Waals surface area contributed by atoms with E-state index in [2.05, 4.69) is 10.3 Å². The Morgan fingerprint density at radius 3 is 2.50 bits per heavy atom. The van der Waals surface area contributed by atoms with Crippen LogP contribution in [0, 0.1) is 5.92 Å². The number of alkyl halides is 3. The molecule has 0 bridgehead atoms. The number of carbonyl (C=O) groups excluding carboxylic acids is 1. The summed E-state index contributed by atoms with van der Waals surface area (Å²) in [6.07, 6.45) is -0.736. The summed E-state index contributed by atoms with van der Waals surface area (Å²) >= 11 is 0. The minimum Gasteiger partial charge on any atom is -0.326 e. The average Bonchev–Trinajstić information content (AvgIpc) is 2.68. The van der Waals surface area contributed by atoms with E-state index in [1.165, 1.54) is 41.0 Å². The first-order valence-corrected chi connectivity index (χ1v) is 10.0. The van der Waals surface area contributed by atoms with E-state index in [9.17, 15) is 26.4 Å². The van der Waals surface area contributed by atoms with Gasteiger partial charge < -0.3 is 5.32 Å². The zero-order valence-electron chi connectivity index (χ0n) is 14.7. The molecule has 1 saturated heterocycles. The highest BCUT2D eigenvalue weighted by molar-refractivity contribution is 7.89. The number of pyridine rings is 1. The van der Waals surface area contributed by atoms with Gasteiger partial charge in [0.05, 0.1) is 11.5 Å². The van der Waals surface area contributed by atoms with Crippen molar-refractivity contribution in [3.63, 3.8) is 0 Å². The second-order valence-corrected chi connectivity index (χ2v) is 8.39. The van der Waals surface area contributed by atoms with E-state index in [-0.39, 0.29) is 17.1 Å². The molecule has 1 atom stereocenters. The Morgan fingerprint density at radius 1 is 1.18 bits per heavy atom. The average molecular weight is 413 g/mol. The first-order chi connectivity index (χ1) is 13.2. The van der Waals surface area contributed by atoms with Crippen LogP contribution in [-0.2, 0) is 21.0 Å². The summed E-state index contributed by atoms with van der Waals surface area (Å²) in [7, 11) is -3.76. The van der Waals surface area contributed by atoms with Crippen molar-refractivity contribution in [2.45, 2.75) is 23.9 Å². The van der Waals surface area contributed by atoms with Gasteiger partial charge in [-0.1, -0.05) is 0 Å². The molecule has 28 heavy (non-hydrogen) atoms. The van der Waals surface area contributed by atoms with Crippen molar-refractivity contribution < 1.29 is 26.4 Å². The summed E-state index contributed by atoms with van der Waals surface area (Å²) in [5, 5.41) is 2.56. The molecule has 0 spiro atoms. The summed E-state index contributed by atoms with van der Waals surface area (Å²) in [6, 6.07) is 7.08. The van der Waals surface area contributed by atoms with E-state index in [1.807, 2.05) is 0 Å². The molecule has 6 nitrogen and oxygen atoms in total. The van der Waals surface area contributed by atoms with Crippen LogP contribution in [0.4, 0.5) is 18.9 Å². The highest BCUT2D eigenvalue weighted by atomic mass is 32.2. The molecule has 2 heterocycles. The zero-order chi connectivity index (χ0) is 20.4. The molecule has 1 aromatic carbocycles. The third-order valence-electron chi connectivity index (χ3n) is 4.51. The number of halogens is 3. The van der Waals surface area contributed by atoms with Gasteiger partial charge in [-0.15, -0.1) is 0 Å². The van der Waals surface area contributed by atoms with Gasteiger partial charge in [-0.2, -0.15) is 17.5 Å². The molecule has 1 amide bonds. The van der Waals surface area contributed by atoms with Gasteiger partial charge >= 0.3 is 6.18 Å². The van der Waals surface area contributed by atoms with Gasteiger partial charge in [0.15, 0.2) is 0 Å². The number of piperidine rings is 1. The highest BCUT2D eigenvalue weighted by Crippen LogP contribution is 2.30. The molecule has 10 heteroatoms. The van der Waals surface area contributed by atoms with Crippen molar-refractivity contribution in [2.75, 3.05) is 18.4 Å². The van der Waals surface area contributed by atoms with Gasteiger partial charge in [-0.25, -0.2) is 8.42 Å². The number of rotatable bonds is 4. The lowest BCUT2D eigenvalue weighted by molar-refractivity contribution is -0.137. The van der Waals surface area contributed by atoms with E-state index < -0.39 is 33.6 Å². The molecular formula is C18H18F3N3O3S. The van der Waals surface area contributed by atoms with Gasteiger partial charge in [0, 0.05) is 31.2 Å². The number of nitrogens with zero attached hydrogens (tertiary/aromatic N) is 2. The van der Waals surface area contributed by atoms with Gasteiger partial charge in [-0.05, 0) is 49.2 Å². The van der Waals surface area contributed by atoms with Crippen LogP contribution in [0.2, 0.25) is 0 Å². The van der Waals surface area contributed by atoms with Crippen molar-refractivity contribution in [3.8, 4) is 0 Å². The molecule has 0 saturated carbocycles. The number of benzene rings is 1. The van der Waals surface area contributed by atoms with Crippen LogP contribution in [-0.4, -0.2) is 36.7 Å². The lowest BCUT2D eigenvalue weighted by atomic mass is 9.98. The van der Waals surface area contributed by atoms with Crippen molar-refractivity contribution in [1.29, 1.82) is 0 Å². The molecule has 150 valence electrons. The molecule has 1 aromatic heterocycles. The molecule has 1 unspecified atom stereocenters. The smallest absolute Gasteiger partial charge is 0.326 e. The molecule has 0 aliphatic carbocycles. The number of sulfonamides is 1. The third-order valence-corrected chi connectivity index (χ3v) is 6.36. The predicted octanol–water partition coefficient (Wildman–Crippen LogP) is 3.14. The SMILES string of the molecule is O=C(Nc1ccc(C(F)(F)F)cc1)C1CCCN(S(=O)(=O)c2cccnc2)C1. The second kappa shape index (κ2) is 7.88. The van der Waals surface area contributed by atoms with Crippen LogP contribution >= 0.6 is 0 Å². The van der Waals surface area contributed by atoms with Crippen molar-refractivity contribution in [3.05, 3.63) is 54.4 Å². The number of aromatic nitrogens is 1. The summed E-state index contributed by atoms with van der Waals surface area (Å²) in [4.78, 5) is 16.4. The van der Waals surface area contributed by atoms with E-state index in [0.717, 1.165) is 12.1 Å². The molecule has 1 aliphatic rings. The van der Waals surface area contributed by atoms with Crippen LogP contribution in [0.5, 0.6) is 0 Å². The summed E-state index contributed by atoms with van der Waals surface area (Å²) in [5.41, 5.74) is -0.581. The van der Waals surface area contributed by atoms with Crippen LogP contribution < -0.4 is 5.32 Å². The fourth-order valence-electron chi connectivity index (χ4n) is 3.01. The second-order valence-electron chi connectivity index (χ2n) is 6.46. The maximum Gasteiger partial charge on any atom is 0.416 e. The summed E-state index contributed by atoms with van der Waals surface area (Å²) < 4.78 is 64.5. The number of anilines is 1. The number of hydrogen-bond donors (Lipinski definition) is 1. The first kappa shape index (κ1) is 20.3. The van der Waals surface area contributed by atoms with E-state index in [4.69, 9.17) is 0 Å². The Kier molecular flexibility index (Phi) is 5.71. The Balaban J connectivity index is 1.68. The maximum atomic E-state index is 12.7. The van der Waals surface area contributed by atoms with Gasteiger partial charge in [-0.3, -0.25) is 9.78 Å². The fraction of sp³-hybridized carbons (Fsp3) is 0.333. The molecule has 0 radical (unpaired) electrons.